The van der Waals surface area contributed by atoms with Gasteiger partial charge in [-0.2, -0.15) is 0 Å². The second-order valence-electron chi connectivity index (χ2n) is 6.94. The lowest BCUT2D eigenvalue weighted by Gasteiger charge is -2.37. The summed E-state index contributed by atoms with van der Waals surface area (Å²) in [4.78, 5) is 26.2. The minimum atomic E-state index is -0.520. The summed E-state index contributed by atoms with van der Waals surface area (Å²) in [6.07, 6.45) is 3.91. The number of rotatable bonds is 5. The van der Waals surface area contributed by atoms with Gasteiger partial charge in [-0.15, -0.1) is 0 Å². The number of aliphatic hydroxyl groups excluding tert-OH is 1. The predicted molar refractivity (Wildman–Crippen MR) is 98.1 cm³/mol. The number of piperidine rings is 1. The zero-order valence-electron chi connectivity index (χ0n) is 15.3. The number of likely N-dealkylation sites (tertiary alicyclic amines) is 1. The minimum Gasteiger partial charge on any atom is -0.391 e. The van der Waals surface area contributed by atoms with Crippen LogP contribution in [0.25, 0.3) is 0 Å². The molecule has 2 N–H and O–H groups in total. The SMILES string of the molecule is CC(C)=CC(=O)NCc1ccc(C(=O)N2CCCCC2C(C)O)cc1. The molecule has 1 aromatic carbocycles. The quantitative estimate of drug-likeness (QED) is 0.807. The Morgan fingerprint density at radius 1 is 1.28 bits per heavy atom. The molecule has 2 unspecified atom stereocenters. The molecule has 1 aromatic rings. The van der Waals surface area contributed by atoms with Crippen LogP contribution in [0, 0.1) is 0 Å². The standard InChI is InChI=1S/C20H28N2O3/c1-14(2)12-19(24)21-13-16-7-9-17(10-8-16)20(25)22-11-5-4-6-18(22)15(3)23/h7-10,12,15,18,23H,4-6,11,13H2,1-3H3,(H,21,24). The number of hydrogen-bond donors (Lipinski definition) is 2. The molecule has 2 atom stereocenters. The van der Waals surface area contributed by atoms with Crippen LogP contribution in [0.2, 0.25) is 0 Å². The van der Waals surface area contributed by atoms with Gasteiger partial charge in [0.2, 0.25) is 5.91 Å². The van der Waals surface area contributed by atoms with E-state index in [0.29, 0.717) is 18.7 Å². The highest BCUT2D eigenvalue weighted by Gasteiger charge is 2.30. The Labute approximate surface area is 149 Å². The second-order valence-corrected chi connectivity index (χ2v) is 6.94. The van der Waals surface area contributed by atoms with E-state index in [0.717, 1.165) is 30.4 Å². The van der Waals surface area contributed by atoms with E-state index in [1.807, 2.05) is 26.0 Å². The average molecular weight is 344 g/mol. The van der Waals surface area contributed by atoms with E-state index in [9.17, 15) is 14.7 Å². The lowest BCUT2D eigenvalue weighted by atomic mass is 9.97. The Morgan fingerprint density at radius 2 is 1.96 bits per heavy atom. The molecular formula is C20H28N2O3. The zero-order chi connectivity index (χ0) is 18.4. The monoisotopic (exact) mass is 344 g/mol. The summed E-state index contributed by atoms with van der Waals surface area (Å²) >= 11 is 0. The second kappa shape index (κ2) is 8.81. The topological polar surface area (TPSA) is 69.6 Å². The third kappa shape index (κ3) is 5.43. The molecule has 136 valence electrons. The van der Waals surface area contributed by atoms with Gasteiger partial charge >= 0.3 is 0 Å². The van der Waals surface area contributed by atoms with Gasteiger partial charge in [-0.05, 0) is 57.7 Å². The summed E-state index contributed by atoms with van der Waals surface area (Å²) in [5.74, 6) is -0.154. The number of nitrogens with zero attached hydrogens (tertiary/aromatic N) is 1. The van der Waals surface area contributed by atoms with Crippen molar-refractivity contribution in [3.8, 4) is 0 Å². The molecule has 1 fully saturated rings. The van der Waals surface area contributed by atoms with Gasteiger partial charge in [-0.25, -0.2) is 0 Å². The summed E-state index contributed by atoms with van der Waals surface area (Å²) in [5, 5.41) is 12.8. The van der Waals surface area contributed by atoms with Gasteiger partial charge in [-0.1, -0.05) is 17.7 Å². The number of hydrogen-bond acceptors (Lipinski definition) is 3. The fourth-order valence-electron chi connectivity index (χ4n) is 3.14. The van der Waals surface area contributed by atoms with Crippen LogP contribution >= 0.6 is 0 Å². The highest BCUT2D eigenvalue weighted by Crippen LogP contribution is 2.22. The maximum atomic E-state index is 12.8. The molecule has 0 bridgehead atoms. The molecule has 5 nitrogen and oxygen atoms in total. The number of nitrogens with one attached hydrogen (secondary N) is 1. The molecule has 0 aliphatic carbocycles. The Balaban J connectivity index is 2.00. The van der Waals surface area contributed by atoms with Gasteiger partial charge in [0.15, 0.2) is 0 Å². The van der Waals surface area contributed by atoms with Crippen molar-refractivity contribution in [2.24, 2.45) is 0 Å². The van der Waals surface area contributed by atoms with E-state index in [1.54, 1.807) is 30.0 Å². The average Bonchev–Trinajstić information content (AvgIpc) is 2.59. The van der Waals surface area contributed by atoms with Gasteiger partial charge in [-0.3, -0.25) is 9.59 Å². The Kier molecular flexibility index (Phi) is 6.76. The highest BCUT2D eigenvalue weighted by atomic mass is 16.3. The van der Waals surface area contributed by atoms with E-state index in [4.69, 9.17) is 0 Å². The van der Waals surface area contributed by atoms with Crippen LogP contribution < -0.4 is 5.32 Å². The molecule has 25 heavy (non-hydrogen) atoms. The van der Waals surface area contributed by atoms with Crippen molar-refractivity contribution in [2.75, 3.05) is 6.54 Å². The van der Waals surface area contributed by atoms with E-state index in [-0.39, 0.29) is 17.9 Å². The lowest BCUT2D eigenvalue weighted by molar-refractivity contribution is -0.116. The number of benzene rings is 1. The number of carbonyl (C=O) groups excluding carboxylic acids is 2. The van der Waals surface area contributed by atoms with E-state index in [1.165, 1.54) is 0 Å². The predicted octanol–water partition coefficient (Wildman–Crippen LogP) is 2.64. The van der Waals surface area contributed by atoms with Crippen molar-refractivity contribution in [1.29, 1.82) is 0 Å². The van der Waals surface area contributed by atoms with Gasteiger partial charge in [0.1, 0.15) is 0 Å². The summed E-state index contributed by atoms with van der Waals surface area (Å²) in [6.45, 7) is 6.61. The molecule has 0 spiro atoms. The first kappa shape index (κ1) is 19.2. The smallest absolute Gasteiger partial charge is 0.254 e. The Morgan fingerprint density at radius 3 is 2.56 bits per heavy atom. The normalized spacial score (nSPS) is 18.4. The van der Waals surface area contributed by atoms with Gasteiger partial charge in [0.05, 0.1) is 12.1 Å². The van der Waals surface area contributed by atoms with Crippen molar-refractivity contribution >= 4 is 11.8 Å². The zero-order valence-corrected chi connectivity index (χ0v) is 15.3. The largest absolute Gasteiger partial charge is 0.391 e. The molecular weight excluding hydrogens is 316 g/mol. The number of allylic oxidation sites excluding steroid dienone is 1. The molecule has 1 saturated heterocycles. The molecule has 1 aliphatic heterocycles. The van der Waals surface area contributed by atoms with Crippen LogP contribution in [0.15, 0.2) is 35.9 Å². The number of amides is 2. The Bertz CT molecular complexity index is 631. The van der Waals surface area contributed by atoms with Crippen molar-refractivity contribution in [3.63, 3.8) is 0 Å². The molecule has 2 amide bonds. The molecule has 1 heterocycles. The molecule has 5 heteroatoms. The molecule has 0 radical (unpaired) electrons. The first-order chi connectivity index (χ1) is 11.9. The lowest BCUT2D eigenvalue weighted by Crippen LogP contribution is -2.48. The third-order valence-electron chi connectivity index (χ3n) is 4.45. The highest BCUT2D eigenvalue weighted by molar-refractivity contribution is 5.94. The molecule has 1 aliphatic rings. The molecule has 0 aromatic heterocycles. The fraction of sp³-hybridized carbons (Fsp3) is 0.500. The first-order valence-electron chi connectivity index (χ1n) is 8.89. The molecule has 0 saturated carbocycles. The van der Waals surface area contributed by atoms with E-state index in [2.05, 4.69) is 5.32 Å². The number of carbonyl (C=O) groups is 2. The summed E-state index contributed by atoms with van der Waals surface area (Å²) < 4.78 is 0. The van der Waals surface area contributed by atoms with Gasteiger partial charge in [0.25, 0.3) is 5.91 Å². The first-order valence-corrected chi connectivity index (χ1v) is 8.89. The van der Waals surface area contributed by atoms with Crippen LogP contribution in [0.1, 0.15) is 56.0 Å². The van der Waals surface area contributed by atoms with Crippen LogP contribution in [-0.4, -0.2) is 40.5 Å². The third-order valence-corrected chi connectivity index (χ3v) is 4.45. The fourth-order valence-corrected chi connectivity index (χ4v) is 3.14. The van der Waals surface area contributed by atoms with Crippen molar-refractivity contribution < 1.29 is 14.7 Å². The maximum Gasteiger partial charge on any atom is 0.254 e. The van der Waals surface area contributed by atoms with Crippen LogP contribution in [0.5, 0.6) is 0 Å². The summed E-state index contributed by atoms with van der Waals surface area (Å²) in [5.41, 5.74) is 2.51. The van der Waals surface area contributed by atoms with Crippen molar-refractivity contribution in [1.82, 2.24) is 10.2 Å². The summed E-state index contributed by atoms with van der Waals surface area (Å²) in [6, 6.07) is 7.19. The van der Waals surface area contributed by atoms with Crippen LogP contribution in [0.4, 0.5) is 0 Å². The van der Waals surface area contributed by atoms with Crippen molar-refractivity contribution in [2.45, 2.75) is 58.7 Å². The van der Waals surface area contributed by atoms with Crippen LogP contribution in [-0.2, 0) is 11.3 Å². The van der Waals surface area contributed by atoms with Crippen LogP contribution in [0.3, 0.4) is 0 Å². The maximum absolute atomic E-state index is 12.8. The van der Waals surface area contributed by atoms with E-state index >= 15 is 0 Å². The minimum absolute atomic E-state index is 0.0364. The summed E-state index contributed by atoms with van der Waals surface area (Å²) in [7, 11) is 0. The van der Waals surface area contributed by atoms with Gasteiger partial charge in [0, 0.05) is 24.7 Å². The Hall–Kier alpha value is -2.14. The molecule has 2 rings (SSSR count). The van der Waals surface area contributed by atoms with Gasteiger partial charge < -0.3 is 15.3 Å². The number of aliphatic hydroxyl groups is 1. The van der Waals surface area contributed by atoms with E-state index < -0.39 is 6.10 Å². The van der Waals surface area contributed by atoms with Crippen molar-refractivity contribution in [3.05, 3.63) is 47.0 Å².